The molecule has 0 aliphatic rings. The predicted octanol–water partition coefficient (Wildman–Crippen LogP) is 3.82. The molecule has 0 saturated carbocycles. The Morgan fingerprint density at radius 2 is 2.12 bits per heavy atom. The van der Waals surface area contributed by atoms with Gasteiger partial charge in [0.2, 0.25) is 0 Å². The molecular weight excluding hydrogens is 230 g/mol. The maximum atomic E-state index is 9.17. The van der Waals surface area contributed by atoms with Crippen LogP contribution in [0, 0.1) is 11.3 Å². The van der Waals surface area contributed by atoms with Crippen LogP contribution in [0.2, 0.25) is 0 Å². The molecule has 0 aliphatic heterocycles. The Morgan fingerprint density at radius 1 is 1.29 bits per heavy atom. The van der Waals surface area contributed by atoms with Crippen molar-refractivity contribution in [3.63, 3.8) is 0 Å². The molecule has 84 valence electrons. The molecule has 0 N–H and O–H groups in total. The number of para-hydroxylation sites is 1. The van der Waals surface area contributed by atoms with Gasteiger partial charge in [0.15, 0.2) is 0 Å². The zero-order valence-corrected chi connectivity index (χ0v) is 10.2. The maximum Gasteiger partial charge on any atom is 0.126 e. The van der Waals surface area contributed by atoms with Crippen LogP contribution in [0.4, 0.5) is 0 Å². The molecule has 17 heavy (non-hydrogen) atoms. The van der Waals surface area contributed by atoms with Crippen molar-refractivity contribution in [2.45, 2.75) is 0 Å². The summed E-state index contributed by atoms with van der Waals surface area (Å²) in [6.45, 7) is 0. The molecule has 3 heteroatoms. The Labute approximate surface area is 104 Å². The molecule has 0 atom stereocenters. The summed E-state index contributed by atoms with van der Waals surface area (Å²) in [6.07, 6.45) is 1.85. The fourth-order valence-electron chi connectivity index (χ4n) is 1.53. The Kier molecular flexibility index (Phi) is 3.59. The van der Waals surface area contributed by atoms with E-state index in [2.05, 4.69) is 6.07 Å². The van der Waals surface area contributed by atoms with Crippen molar-refractivity contribution in [1.82, 2.24) is 0 Å². The first-order valence-corrected chi connectivity index (χ1v) is 6.02. The number of thiophene rings is 1. The van der Waals surface area contributed by atoms with Crippen LogP contribution >= 0.6 is 11.3 Å². The van der Waals surface area contributed by atoms with Crippen molar-refractivity contribution in [3.05, 3.63) is 52.2 Å². The monoisotopic (exact) mass is 241 g/mol. The van der Waals surface area contributed by atoms with Gasteiger partial charge >= 0.3 is 0 Å². The van der Waals surface area contributed by atoms with Gasteiger partial charge in [0.05, 0.1) is 12.7 Å². The van der Waals surface area contributed by atoms with E-state index in [1.165, 1.54) is 0 Å². The lowest BCUT2D eigenvalue weighted by atomic mass is 10.1. The molecule has 2 aromatic rings. The average Bonchev–Trinajstić information content (AvgIpc) is 2.90. The first-order valence-electron chi connectivity index (χ1n) is 5.14. The van der Waals surface area contributed by atoms with Crippen molar-refractivity contribution in [2.24, 2.45) is 0 Å². The predicted molar refractivity (Wildman–Crippen MR) is 70.8 cm³/mol. The smallest absolute Gasteiger partial charge is 0.126 e. The third-order valence-corrected chi connectivity index (χ3v) is 3.25. The van der Waals surface area contributed by atoms with Gasteiger partial charge in [0.1, 0.15) is 11.8 Å². The van der Waals surface area contributed by atoms with E-state index in [9.17, 15) is 5.26 Å². The summed E-state index contributed by atoms with van der Waals surface area (Å²) in [5.74, 6) is 0.775. The molecule has 0 fully saturated rings. The van der Waals surface area contributed by atoms with Crippen molar-refractivity contribution < 1.29 is 4.74 Å². The lowest BCUT2D eigenvalue weighted by Gasteiger charge is -2.04. The quantitative estimate of drug-likeness (QED) is 0.765. The maximum absolute atomic E-state index is 9.17. The Balaban J connectivity index is 2.44. The van der Waals surface area contributed by atoms with Gasteiger partial charge in [-0.2, -0.15) is 5.26 Å². The summed E-state index contributed by atoms with van der Waals surface area (Å²) >= 11 is 1.56. The second-order valence-corrected chi connectivity index (χ2v) is 4.34. The highest BCUT2D eigenvalue weighted by atomic mass is 32.1. The molecule has 0 bridgehead atoms. The van der Waals surface area contributed by atoms with E-state index in [1.807, 2.05) is 47.9 Å². The normalized spacial score (nSPS) is 10.9. The number of nitrogens with zero attached hydrogens (tertiary/aromatic N) is 1. The first kappa shape index (κ1) is 11.4. The average molecular weight is 241 g/mol. The Hall–Kier alpha value is -2.05. The minimum atomic E-state index is 0.657. The summed E-state index contributed by atoms with van der Waals surface area (Å²) in [4.78, 5) is 0.971. The summed E-state index contributed by atoms with van der Waals surface area (Å²) in [6, 6.07) is 13.8. The summed E-state index contributed by atoms with van der Waals surface area (Å²) in [5.41, 5.74) is 1.57. The molecule has 0 unspecified atom stereocenters. The number of ether oxygens (including phenoxy) is 1. The largest absolute Gasteiger partial charge is 0.496 e. The van der Waals surface area contributed by atoms with Crippen LogP contribution in [0.1, 0.15) is 10.4 Å². The van der Waals surface area contributed by atoms with E-state index in [0.717, 1.165) is 16.2 Å². The number of nitriles is 1. The van der Waals surface area contributed by atoms with Crippen LogP contribution < -0.4 is 4.74 Å². The molecule has 0 radical (unpaired) electrons. The molecule has 2 nitrogen and oxygen atoms in total. The van der Waals surface area contributed by atoms with Gasteiger partial charge in [-0.1, -0.05) is 24.3 Å². The Bertz CT molecular complexity index is 564. The third-order valence-electron chi connectivity index (χ3n) is 2.35. The molecule has 2 rings (SSSR count). The van der Waals surface area contributed by atoms with Gasteiger partial charge in [-0.3, -0.25) is 0 Å². The molecule has 0 amide bonds. The number of benzene rings is 1. The van der Waals surface area contributed by atoms with Gasteiger partial charge in [-0.05, 0) is 23.6 Å². The summed E-state index contributed by atoms with van der Waals surface area (Å²) in [5, 5.41) is 11.1. The van der Waals surface area contributed by atoms with Gasteiger partial charge in [0.25, 0.3) is 0 Å². The minimum Gasteiger partial charge on any atom is -0.496 e. The molecule has 0 aliphatic carbocycles. The van der Waals surface area contributed by atoms with Crippen LogP contribution in [0.25, 0.3) is 11.6 Å². The number of methoxy groups -OCH3 is 1. The number of hydrogen-bond acceptors (Lipinski definition) is 3. The first-order chi connectivity index (χ1) is 8.35. The minimum absolute atomic E-state index is 0.657. The number of hydrogen-bond donors (Lipinski definition) is 0. The van der Waals surface area contributed by atoms with E-state index >= 15 is 0 Å². The van der Waals surface area contributed by atoms with Crippen LogP contribution in [0.15, 0.2) is 41.8 Å². The van der Waals surface area contributed by atoms with Crippen LogP contribution in [0.3, 0.4) is 0 Å². The van der Waals surface area contributed by atoms with Gasteiger partial charge < -0.3 is 4.74 Å². The van der Waals surface area contributed by atoms with Gasteiger partial charge in [-0.25, -0.2) is 0 Å². The molecular formula is C14H11NOS. The zero-order chi connectivity index (χ0) is 12.1. The van der Waals surface area contributed by atoms with Crippen molar-refractivity contribution in [2.75, 3.05) is 7.11 Å². The van der Waals surface area contributed by atoms with Crippen LogP contribution in [-0.4, -0.2) is 7.11 Å². The fourth-order valence-corrected chi connectivity index (χ4v) is 2.22. The van der Waals surface area contributed by atoms with E-state index in [0.29, 0.717) is 5.57 Å². The van der Waals surface area contributed by atoms with Crippen LogP contribution in [0.5, 0.6) is 5.75 Å². The second kappa shape index (κ2) is 5.33. The Morgan fingerprint density at radius 3 is 2.76 bits per heavy atom. The number of allylic oxidation sites excluding steroid dienone is 1. The topological polar surface area (TPSA) is 33.0 Å². The van der Waals surface area contributed by atoms with E-state index < -0.39 is 0 Å². The van der Waals surface area contributed by atoms with Gasteiger partial charge in [-0.15, -0.1) is 11.3 Å². The molecule has 1 aromatic heterocycles. The molecule has 1 aromatic carbocycles. The van der Waals surface area contributed by atoms with E-state index in [-0.39, 0.29) is 0 Å². The highest BCUT2D eigenvalue weighted by Crippen LogP contribution is 2.26. The lowest BCUT2D eigenvalue weighted by Crippen LogP contribution is -1.86. The SMILES string of the molecule is COc1ccccc1/C=C(\C#N)c1cccs1. The summed E-state index contributed by atoms with van der Waals surface area (Å²) < 4.78 is 5.26. The molecule has 0 saturated heterocycles. The van der Waals surface area contributed by atoms with Crippen LogP contribution in [-0.2, 0) is 0 Å². The van der Waals surface area contributed by atoms with Crippen molar-refractivity contribution >= 4 is 23.0 Å². The highest BCUT2D eigenvalue weighted by Gasteiger charge is 2.04. The fraction of sp³-hybridized carbons (Fsp3) is 0.0714. The van der Waals surface area contributed by atoms with Gasteiger partial charge in [0, 0.05) is 10.4 Å². The zero-order valence-electron chi connectivity index (χ0n) is 9.38. The second-order valence-electron chi connectivity index (χ2n) is 3.39. The lowest BCUT2D eigenvalue weighted by molar-refractivity contribution is 0.414. The molecule has 0 spiro atoms. The highest BCUT2D eigenvalue weighted by molar-refractivity contribution is 7.11. The van der Waals surface area contributed by atoms with Crippen molar-refractivity contribution in [3.8, 4) is 11.8 Å². The van der Waals surface area contributed by atoms with E-state index in [1.54, 1.807) is 18.4 Å². The third kappa shape index (κ3) is 2.55. The standard InChI is InChI=1S/C14H11NOS/c1-16-13-6-3-2-5-11(13)9-12(10-15)14-7-4-8-17-14/h2-9H,1H3/b12-9+. The van der Waals surface area contributed by atoms with Crippen molar-refractivity contribution in [1.29, 1.82) is 5.26 Å². The molecule has 1 heterocycles. The number of rotatable bonds is 3. The summed E-state index contributed by atoms with van der Waals surface area (Å²) in [7, 11) is 1.63. The van der Waals surface area contributed by atoms with E-state index in [4.69, 9.17) is 4.74 Å².